The van der Waals surface area contributed by atoms with Crippen molar-refractivity contribution in [3.63, 3.8) is 0 Å². The zero-order valence-corrected chi connectivity index (χ0v) is 11.0. The average molecular weight is 331 g/mol. The van der Waals surface area contributed by atoms with Gasteiger partial charge < -0.3 is 0 Å². The number of hydrogen-bond acceptors (Lipinski definition) is 4. The molecule has 0 amide bonds. The van der Waals surface area contributed by atoms with Gasteiger partial charge in [-0.05, 0) is 0 Å². The van der Waals surface area contributed by atoms with Crippen LogP contribution in [0.4, 0.5) is 0 Å². The quantitative estimate of drug-likeness (QED) is 0.827. The van der Waals surface area contributed by atoms with Crippen LogP contribution in [0.5, 0.6) is 5.75 Å². The molecule has 2 rings (SSSR count). The number of carboxylic acid groups (broad SMARTS) is 1. The zero-order chi connectivity index (χ0) is 13.3. The van der Waals surface area contributed by atoms with Crippen molar-refractivity contribution in [1.29, 1.82) is 0 Å². The number of hydrogen-bond donors (Lipinski definition) is 2. The molecular weight excluding hydrogens is 322 g/mol. The molecule has 0 unspecified atom stereocenters. The fourth-order valence-electron chi connectivity index (χ4n) is 1.62. The summed E-state index contributed by atoms with van der Waals surface area (Å²) in [5.74, 6) is -1.50. The third-order valence-electron chi connectivity index (χ3n) is 2.31. The summed E-state index contributed by atoms with van der Waals surface area (Å²) in [6, 6.07) is 9.56. The number of benzene rings is 2. The van der Waals surface area contributed by atoms with Gasteiger partial charge in [-0.1, -0.05) is 0 Å². The fraction of sp³-hybridized carbons (Fsp3) is 0. The first-order valence-corrected chi connectivity index (χ1v) is 8.47. The molecule has 0 saturated carbocycles. The second-order valence-corrected chi connectivity index (χ2v) is 6.38. The van der Waals surface area contributed by atoms with E-state index in [1.54, 1.807) is 30.3 Å². The number of nitrogens with two attached hydrogens (primary N) is 1. The third-order valence-corrected chi connectivity index (χ3v) is 3.29. The van der Waals surface area contributed by atoms with E-state index in [0.29, 0.717) is 10.8 Å². The molecule has 0 aliphatic carbocycles. The van der Waals surface area contributed by atoms with Crippen molar-refractivity contribution >= 4 is 16.7 Å². The zero-order valence-electron chi connectivity index (χ0n) is 9.03. The van der Waals surface area contributed by atoms with E-state index >= 15 is 0 Å². The molecule has 18 heavy (non-hydrogen) atoms. The predicted molar refractivity (Wildman–Crippen MR) is 57.1 cm³/mol. The topological polar surface area (TPSA) is 107 Å². The van der Waals surface area contributed by atoms with Gasteiger partial charge in [0.25, 0.3) is 0 Å². The Bertz CT molecular complexity index is 723. The van der Waals surface area contributed by atoms with E-state index < -0.39 is 22.6 Å². The SMILES string of the molecule is [NH2][Mo](=[O])(=[O])[O]c1c(C(=O)O)ccc2ccccc12. The monoisotopic (exact) mass is 333 g/mol. The van der Waals surface area contributed by atoms with Crippen molar-refractivity contribution in [3.05, 3.63) is 42.0 Å². The Labute approximate surface area is 106 Å². The predicted octanol–water partition coefficient (Wildman–Crippen LogP) is 1.55. The Morgan fingerprint density at radius 2 is 1.83 bits per heavy atom. The van der Waals surface area contributed by atoms with E-state index in [0.717, 1.165) is 0 Å². The second kappa shape index (κ2) is 4.48. The number of carboxylic acids is 1. The van der Waals surface area contributed by atoms with Crippen LogP contribution in [-0.2, 0) is 23.4 Å². The molecule has 0 aliphatic heterocycles. The van der Waals surface area contributed by atoms with E-state index in [9.17, 15) is 11.6 Å². The molecule has 2 aromatic rings. The summed E-state index contributed by atoms with van der Waals surface area (Å²) in [4.78, 5) is 11.0. The molecule has 6 nitrogen and oxygen atoms in total. The summed E-state index contributed by atoms with van der Waals surface area (Å²) >= 11 is -5.38. The van der Waals surface area contributed by atoms with Gasteiger partial charge in [-0.2, -0.15) is 0 Å². The minimum atomic E-state index is -5.38. The molecule has 0 heterocycles. The molecule has 0 bridgehead atoms. The van der Waals surface area contributed by atoms with Crippen LogP contribution in [0.3, 0.4) is 0 Å². The van der Waals surface area contributed by atoms with Crippen LogP contribution >= 0.6 is 0 Å². The molecule has 0 spiro atoms. The summed E-state index contributed by atoms with van der Waals surface area (Å²) in [6.45, 7) is 0. The van der Waals surface area contributed by atoms with E-state index in [1.165, 1.54) is 6.07 Å². The molecule has 0 fully saturated rings. The number of fused-ring (bicyclic) bond motifs is 1. The molecular formula is C11H9MoNO5. The van der Waals surface area contributed by atoms with Crippen molar-refractivity contribution in [1.82, 2.24) is 0 Å². The summed E-state index contributed by atoms with van der Waals surface area (Å²) in [5.41, 5.74) is -0.235. The van der Waals surface area contributed by atoms with Gasteiger partial charge in [0.05, 0.1) is 0 Å². The second-order valence-electron chi connectivity index (χ2n) is 3.54. The van der Waals surface area contributed by atoms with Crippen molar-refractivity contribution in [3.8, 4) is 5.75 Å². The minimum absolute atomic E-state index is 0.227. The molecule has 0 saturated heterocycles. The number of rotatable bonds is 3. The molecule has 94 valence electrons. The van der Waals surface area contributed by atoms with Gasteiger partial charge in [0.1, 0.15) is 0 Å². The van der Waals surface area contributed by atoms with Gasteiger partial charge in [-0.15, -0.1) is 0 Å². The normalized spacial score (nSPS) is 11.4. The van der Waals surface area contributed by atoms with Crippen LogP contribution in [0.15, 0.2) is 36.4 Å². The Morgan fingerprint density at radius 1 is 1.17 bits per heavy atom. The molecule has 3 N–H and O–H groups in total. The van der Waals surface area contributed by atoms with Crippen LogP contribution in [-0.4, -0.2) is 11.1 Å². The molecule has 0 atom stereocenters. The van der Waals surface area contributed by atoms with Crippen molar-refractivity contribution in [2.75, 3.05) is 0 Å². The Kier molecular flexibility index (Phi) is 3.15. The molecule has 0 aromatic heterocycles. The van der Waals surface area contributed by atoms with E-state index in [-0.39, 0.29) is 11.3 Å². The fourth-order valence-corrected chi connectivity index (χ4v) is 2.63. The van der Waals surface area contributed by atoms with Gasteiger partial charge in [-0.25, -0.2) is 0 Å². The van der Waals surface area contributed by atoms with E-state index in [1.807, 2.05) is 0 Å². The van der Waals surface area contributed by atoms with E-state index in [4.69, 9.17) is 9.40 Å². The standard InChI is InChI=1S/C11H8O3.Mo.H2N.2O/c12-10-8-4-2-1-3-7(8)5-6-9(10)11(13)14;;;;/h1-6,12H,(H,13,14);;1H2;;/q;+2;-1;;/p-1. The van der Waals surface area contributed by atoms with Crippen LogP contribution < -0.4 is 7.68 Å². The van der Waals surface area contributed by atoms with Crippen molar-refractivity contribution in [2.24, 2.45) is 4.29 Å². The first-order chi connectivity index (χ1) is 8.38. The van der Waals surface area contributed by atoms with Crippen molar-refractivity contribution < 1.29 is 36.7 Å². The molecule has 0 aliphatic rings. The summed E-state index contributed by atoms with van der Waals surface area (Å²) in [7, 11) is 0. The van der Waals surface area contributed by atoms with Gasteiger partial charge >= 0.3 is 105 Å². The molecule has 7 heteroatoms. The first-order valence-electron chi connectivity index (χ1n) is 4.86. The summed E-state index contributed by atoms with van der Waals surface area (Å²) in [5, 5.41) is 10.1. The Hall–Kier alpha value is -1.78. The number of aromatic carboxylic acids is 1. The Morgan fingerprint density at radius 3 is 2.44 bits per heavy atom. The van der Waals surface area contributed by atoms with E-state index in [2.05, 4.69) is 3.39 Å². The van der Waals surface area contributed by atoms with Crippen LogP contribution in [0.25, 0.3) is 10.8 Å². The Balaban J connectivity index is 2.78. The molecule has 2 aromatic carbocycles. The van der Waals surface area contributed by atoms with Crippen LogP contribution in [0, 0.1) is 0 Å². The van der Waals surface area contributed by atoms with Gasteiger partial charge in [0, 0.05) is 0 Å². The van der Waals surface area contributed by atoms with Crippen LogP contribution in [0.1, 0.15) is 10.4 Å². The van der Waals surface area contributed by atoms with Gasteiger partial charge in [-0.3, -0.25) is 0 Å². The summed E-state index contributed by atoms with van der Waals surface area (Å²) < 4.78 is 31.8. The average Bonchev–Trinajstić information content (AvgIpc) is 2.27. The third kappa shape index (κ3) is 2.55. The maximum absolute atomic E-state index is 11.1. The van der Waals surface area contributed by atoms with Gasteiger partial charge in [0.2, 0.25) is 0 Å². The molecule has 0 radical (unpaired) electrons. The maximum atomic E-state index is 11.1. The van der Waals surface area contributed by atoms with Gasteiger partial charge in [0.15, 0.2) is 0 Å². The number of carbonyl (C=O) groups is 1. The first kappa shape index (κ1) is 12.7. The summed E-state index contributed by atoms with van der Waals surface area (Å²) in [6.07, 6.45) is 0. The van der Waals surface area contributed by atoms with Crippen molar-refractivity contribution in [2.45, 2.75) is 0 Å². The van der Waals surface area contributed by atoms with Crippen LogP contribution in [0.2, 0.25) is 0 Å².